The monoisotopic (exact) mass is 234 g/mol. The molecule has 1 aromatic carbocycles. The Bertz CT molecular complexity index is 486. The van der Waals surface area contributed by atoms with Crippen LogP contribution in [0.5, 0.6) is 0 Å². The van der Waals surface area contributed by atoms with E-state index in [-0.39, 0.29) is 5.57 Å². The van der Waals surface area contributed by atoms with Crippen LogP contribution in [0.4, 0.5) is 0 Å². The average Bonchev–Trinajstić information content (AvgIpc) is 2.28. The molecule has 4 nitrogen and oxygen atoms in total. The summed E-state index contributed by atoms with van der Waals surface area (Å²) in [5.74, 6) is -1.85. The second kappa shape index (κ2) is 5.30. The highest BCUT2D eigenvalue weighted by molar-refractivity contribution is 6.23. The van der Waals surface area contributed by atoms with Crippen molar-refractivity contribution >= 4 is 11.8 Å². The molecular weight excluding hydrogens is 220 g/mol. The van der Waals surface area contributed by atoms with Gasteiger partial charge >= 0.3 is 5.97 Å². The van der Waals surface area contributed by atoms with Crippen LogP contribution in [0, 0.1) is 13.8 Å². The molecule has 1 rings (SSSR count). The molecule has 4 heteroatoms. The third-order valence-electron chi connectivity index (χ3n) is 2.48. The van der Waals surface area contributed by atoms with Crippen LogP contribution in [0.15, 0.2) is 30.0 Å². The zero-order valence-electron chi connectivity index (χ0n) is 9.98. The van der Waals surface area contributed by atoms with Gasteiger partial charge in [0, 0.05) is 5.56 Å². The maximum Gasteiger partial charge on any atom is 0.342 e. The third kappa shape index (κ3) is 2.93. The summed E-state index contributed by atoms with van der Waals surface area (Å²) >= 11 is 0. The van der Waals surface area contributed by atoms with E-state index < -0.39 is 11.8 Å². The van der Waals surface area contributed by atoms with Crippen molar-refractivity contribution in [2.45, 2.75) is 13.8 Å². The predicted molar refractivity (Wildman–Crippen MR) is 63.0 cm³/mol. The molecule has 1 aromatic rings. The summed E-state index contributed by atoms with van der Waals surface area (Å²) in [6.07, 6.45) is 0.944. The van der Waals surface area contributed by atoms with Gasteiger partial charge in [0.05, 0.1) is 7.11 Å². The minimum atomic E-state index is -1.30. The van der Waals surface area contributed by atoms with E-state index in [4.69, 9.17) is 5.11 Å². The van der Waals surface area contributed by atoms with E-state index >= 15 is 0 Å². The first-order valence-electron chi connectivity index (χ1n) is 5.05. The van der Waals surface area contributed by atoms with Crippen LogP contribution in [-0.2, 0) is 9.53 Å². The summed E-state index contributed by atoms with van der Waals surface area (Å²) in [5.41, 5.74) is 1.96. The highest BCUT2D eigenvalue weighted by Gasteiger charge is 2.19. The van der Waals surface area contributed by atoms with Gasteiger partial charge in [-0.3, -0.25) is 4.79 Å². The van der Waals surface area contributed by atoms with E-state index in [1.165, 1.54) is 7.11 Å². The molecule has 0 amide bonds. The molecule has 90 valence electrons. The summed E-state index contributed by atoms with van der Waals surface area (Å²) in [4.78, 5) is 22.8. The molecule has 17 heavy (non-hydrogen) atoms. The van der Waals surface area contributed by atoms with Gasteiger partial charge in [0.1, 0.15) is 11.8 Å². The Hall–Kier alpha value is -2.10. The lowest BCUT2D eigenvalue weighted by Crippen LogP contribution is -2.13. The molecule has 0 saturated heterocycles. The fourth-order valence-electron chi connectivity index (χ4n) is 1.36. The van der Waals surface area contributed by atoms with Gasteiger partial charge in [-0.15, -0.1) is 0 Å². The minimum Gasteiger partial charge on any atom is -0.503 e. The lowest BCUT2D eigenvalue weighted by molar-refractivity contribution is -0.132. The Kier molecular flexibility index (Phi) is 4.04. The molecule has 0 aliphatic heterocycles. The number of carbonyl (C=O) groups is 2. The molecule has 0 unspecified atom stereocenters. The number of hydrogen-bond donors (Lipinski definition) is 1. The highest BCUT2D eigenvalue weighted by Crippen LogP contribution is 2.14. The summed E-state index contributed by atoms with van der Waals surface area (Å²) < 4.78 is 4.60. The van der Waals surface area contributed by atoms with Crippen molar-refractivity contribution in [3.63, 3.8) is 0 Å². The Morgan fingerprint density at radius 1 is 1.24 bits per heavy atom. The zero-order valence-corrected chi connectivity index (χ0v) is 9.98. The quantitative estimate of drug-likeness (QED) is 0.285. The third-order valence-corrected chi connectivity index (χ3v) is 2.48. The Balaban J connectivity index is 3.15. The maximum atomic E-state index is 11.9. The van der Waals surface area contributed by atoms with Crippen molar-refractivity contribution < 1.29 is 19.4 Å². The molecule has 1 N–H and O–H groups in total. The van der Waals surface area contributed by atoms with Gasteiger partial charge in [-0.05, 0) is 31.0 Å². The molecule has 0 atom stereocenters. The fourth-order valence-corrected chi connectivity index (χ4v) is 1.36. The van der Waals surface area contributed by atoms with Crippen LogP contribution >= 0.6 is 0 Å². The highest BCUT2D eigenvalue weighted by atomic mass is 16.5. The molecule has 0 bridgehead atoms. The number of ether oxygens (including phenoxy) is 1. The second-order valence-corrected chi connectivity index (χ2v) is 3.70. The number of hydrogen-bond acceptors (Lipinski definition) is 3. The first-order valence-corrected chi connectivity index (χ1v) is 5.05. The number of benzene rings is 1. The number of carboxylic acids is 1. The second-order valence-electron chi connectivity index (χ2n) is 3.70. The van der Waals surface area contributed by atoms with Crippen LogP contribution in [0.1, 0.15) is 21.5 Å². The number of aryl methyl sites for hydroxylation is 2. The average molecular weight is 234 g/mol. The zero-order chi connectivity index (χ0) is 13.0. The Morgan fingerprint density at radius 3 is 2.35 bits per heavy atom. The number of carbonyl (C=O) groups excluding carboxylic acids is 1. The smallest absolute Gasteiger partial charge is 0.342 e. The number of rotatable bonds is 4. The van der Waals surface area contributed by atoms with Gasteiger partial charge in [0.25, 0.3) is 0 Å². The molecule has 0 saturated carbocycles. The number of ketones is 1. The molecule has 0 fully saturated rings. The molecule has 0 aliphatic carbocycles. The summed E-state index contributed by atoms with van der Waals surface area (Å²) in [6.45, 7) is 3.79. The standard InChI is InChI=1S/C13H14O4/c1-8-4-5-10(6-9(8)2)12(14)11(7-17-3)13(15)16/h4-7H,1-3H3,(H,15,16)/b11-7-. The van der Waals surface area contributed by atoms with Crippen molar-refractivity contribution in [3.05, 3.63) is 46.7 Å². The van der Waals surface area contributed by atoms with Crippen LogP contribution in [0.25, 0.3) is 0 Å². The van der Waals surface area contributed by atoms with Gasteiger partial charge in [0.15, 0.2) is 0 Å². The normalized spacial score (nSPS) is 11.1. The molecular formula is C13H14O4. The van der Waals surface area contributed by atoms with E-state index in [0.29, 0.717) is 5.56 Å². The van der Waals surface area contributed by atoms with Crippen molar-refractivity contribution in [3.8, 4) is 0 Å². The van der Waals surface area contributed by atoms with E-state index in [0.717, 1.165) is 17.4 Å². The Morgan fingerprint density at radius 2 is 1.88 bits per heavy atom. The van der Waals surface area contributed by atoms with Gasteiger partial charge in [-0.2, -0.15) is 0 Å². The largest absolute Gasteiger partial charge is 0.503 e. The minimum absolute atomic E-state index is 0.346. The van der Waals surface area contributed by atoms with Crippen molar-refractivity contribution in [1.82, 2.24) is 0 Å². The van der Waals surface area contributed by atoms with Crippen molar-refractivity contribution in [2.24, 2.45) is 0 Å². The first kappa shape index (κ1) is 13.0. The number of methoxy groups -OCH3 is 1. The van der Waals surface area contributed by atoms with Gasteiger partial charge < -0.3 is 9.84 Å². The van der Waals surface area contributed by atoms with E-state index in [1.54, 1.807) is 18.2 Å². The summed E-state index contributed by atoms with van der Waals surface area (Å²) in [7, 11) is 1.30. The number of aliphatic carboxylic acids is 1. The van der Waals surface area contributed by atoms with Crippen molar-refractivity contribution in [2.75, 3.05) is 7.11 Å². The van der Waals surface area contributed by atoms with Gasteiger partial charge in [-0.1, -0.05) is 12.1 Å². The van der Waals surface area contributed by atoms with E-state index in [2.05, 4.69) is 4.74 Å². The van der Waals surface area contributed by atoms with Crippen LogP contribution in [0.3, 0.4) is 0 Å². The molecule has 0 heterocycles. The fraction of sp³-hybridized carbons (Fsp3) is 0.231. The van der Waals surface area contributed by atoms with Gasteiger partial charge in [0.2, 0.25) is 5.78 Å². The predicted octanol–water partition coefficient (Wildman–Crippen LogP) is 2.10. The summed E-state index contributed by atoms with van der Waals surface area (Å²) in [5, 5.41) is 8.89. The van der Waals surface area contributed by atoms with Crippen LogP contribution in [-0.4, -0.2) is 24.0 Å². The van der Waals surface area contributed by atoms with Crippen LogP contribution < -0.4 is 0 Å². The molecule has 0 spiro atoms. The lowest BCUT2D eigenvalue weighted by Gasteiger charge is -2.05. The Labute approximate surface area is 99.5 Å². The maximum absolute atomic E-state index is 11.9. The van der Waals surface area contributed by atoms with Gasteiger partial charge in [-0.25, -0.2) is 4.79 Å². The van der Waals surface area contributed by atoms with Crippen LogP contribution in [0.2, 0.25) is 0 Å². The van der Waals surface area contributed by atoms with E-state index in [1.807, 2.05) is 13.8 Å². The first-order chi connectivity index (χ1) is 7.97. The topological polar surface area (TPSA) is 63.6 Å². The number of carboxylic acid groups (broad SMARTS) is 1. The SMILES string of the molecule is CO/C=C(\C(=O)O)C(=O)c1ccc(C)c(C)c1. The molecule has 0 aromatic heterocycles. The van der Waals surface area contributed by atoms with Crippen molar-refractivity contribution in [1.29, 1.82) is 0 Å². The summed E-state index contributed by atoms with van der Waals surface area (Å²) in [6, 6.07) is 5.07. The molecule has 0 radical (unpaired) electrons. The number of Topliss-reactive ketones (excluding diaryl/α,β-unsaturated/α-hetero) is 1. The molecule has 0 aliphatic rings. The lowest BCUT2D eigenvalue weighted by atomic mass is 10.00. The van der Waals surface area contributed by atoms with E-state index in [9.17, 15) is 9.59 Å².